The fourth-order valence-corrected chi connectivity index (χ4v) is 2.10. The van der Waals surface area contributed by atoms with Gasteiger partial charge in [-0.05, 0) is 12.5 Å². The van der Waals surface area contributed by atoms with Crippen molar-refractivity contribution in [1.29, 1.82) is 0 Å². The van der Waals surface area contributed by atoms with Crippen LogP contribution in [0.5, 0.6) is 0 Å². The molecule has 0 radical (unpaired) electrons. The quantitative estimate of drug-likeness (QED) is 0.679. The summed E-state index contributed by atoms with van der Waals surface area (Å²) in [6, 6.07) is 1.57. The van der Waals surface area contributed by atoms with Crippen molar-refractivity contribution >= 4 is 11.7 Å². The number of aromatic nitrogens is 1. The molecule has 1 aliphatic rings. The summed E-state index contributed by atoms with van der Waals surface area (Å²) in [4.78, 5) is 26.4. The van der Waals surface area contributed by atoms with Gasteiger partial charge in [-0.1, -0.05) is 13.5 Å². The molecule has 0 bridgehead atoms. The number of carbonyl (C=O) groups is 1. The minimum Gasteiger partial charge on any atom is -0.458 e. The van der Waals surface area contributed by atoms with Gasteiger partial charge in [0.15, 0.2) is 5.60 Å². The molecule has 1 atom stereocenters. The zero-order valence-electron chi connectivity index (χ0n) is 10.9. The fourth-order valence-electron chi connectivity index (χ4n) is 2.10. The molecule has 0 unspecified atom stereocenters. The Kier molecular flexibility index (Phi) is 3.20. The number of esters is 1. The van der Waals surface area contributed by atoms with Crippen molar-refractivity contribution in [2.75, 3.05) is 7.05 Å². The van der Waals surface area contributed by atoms with E-state index in [0.29, 0.717) is 17.0 Å². The number of H-pyrrole nitrogens is 1. The van der Waals surface area contributed by atoms with Gasteiger partial charge < -0.3 is 20.1 Å². The molecule has 0 amide bonds. The van der Waals surface area contributed by atoms with Gasteiger partial charge in [0.1, 0.15) is 6.61 Å². The van der Waals surface area contributed by atoms with Crippen LogP contribution in [-0.4, -0.2) is 23.1 Å². The van der Waals surface area contributed by atoms with Gasteiger partial charge in [0.05, 0.1) is 17.0 Å². The summed E-state index contributed by atoms with van der Waals surface area (Å²) in [5.74, 6) is -0.728. The Morgan fingerprint density at radius 3 is 2.89 bits per heavy atom. The number of rotatable bonds is 3. The van der Waals surface area contributed by atoms with Crippen LogP contribution in [0.3, 0.4) is 0 Å². The maximum absolute atomic E-state index is 12.0. The van der Waals surface area contributed by atoms with Crippen LogP contribution in [0.2, 0.25) is 0 Å². The number of aromatic amines is 1. The van der Waals surface area contributed by atoms with E-state index in [0.717, 1.165) is 0 Å². The summed E-state index contributed by atoms with van der Waals surface area (Å²) < 4.78 is 4.87. The third-order valence-corrected chi connectivity index (χ3v) is 3.41. The molecule has 0 fully saturated rings. The Morgan fingerprint density at radius 2 is 2.32 bits per heavy atom. The summed E-state index contributed by atoms with van der Waals surface area (Å²) in [7, 11) is 1.67. The molecule has 0 saturated carbocycles. The SMILES string of the molecule is C=C(NC)c1cc2c(c(=O)[nH]1)COC(=O)[C@]2(O)CC. The lowest BCUT2D eigenvalue weighted by Crippen LogP contribution is -2.43. The lowest BCUT2D eigenvalue weighted by Gasteiger charge is -2.31. The molecule has 102 valence electrons. The number of cyclic esters (lactones) is 1. The monoisotopic (exact) mass is 264 g/mol. The van der Waals surface area contributed by atoms with E-state index in [9.17, 15) is 14.7 Å². The summed E-state index contributed by atoms with van der Waals surface area (Å²) >= 11 is 0. The summed E-state index contributed by atoms with van der Waals surface area (Å²) in [5, 5.41) is 13.2. The highest BCUT2D eigenvalue weighted by atomic mass is 16.6. The van der Waals surface area contributed by atoms with Crippen LogP contribution >= 0.6 is 0 Å². The largest absolute Gasteiger partial charge is 0.458 e. The molecular weight excluding hydrogens is 248 g/mol. The molecule has 6 heteroatoms. The van der Waals surface area contributed by atoms with Crippen LogP contribution in [-0.2, 0) is 21.7 Å². The Bertz CT molecular complexity index is 605. The second kappa shape index (κ2) is 4.55. The van der Waals surface area contributed by atoms with Crippen LogP contribution in [0.15, 0.2) is 17.4 Å². The Balaban J connectivity index is 2.69. The topological polar surface area (TPSA) is 91.4 Å². The Hall–Kier alpha value is -2.08. The van der Waals surface area contributed by atoms with Gasteiger partial charge in [-0.25, -0.2) is 4.79 Å². The standard InChI is InChI=1S/C13H16N2O4/c1-4-13(18)9-5-10(7(2)14-3)15-11(16)8(9)6-19-12(13)17/h5,14,18H,2,4,6H2,1,3H3,(H,15,16)/t13-/m0/s1. The number of ether oxygens (including phenoxy) is 1. The second-order valence-electron chi connectivity index (χ2n) is 4.42. The van der Waals surface area contributed by atoms with Crippen LogP contribution in [0.4, 0.5) is 0 Å². The number of carbonyl (C=O) groups excluding carboxylic acids is 1. The smallest absolute Gasteiger partial charge is 0.343 e. The Labute approximate surface area is 110 Å². The van der Waals surface area contributed by atoms with Gasteiger partial charge in [-0.3, -0.25) is 4.79 Å². The van der Waals surface area contributed by atoms with Crippen molar-refractivity contribution in [2.24, 2.45) is 0 Å². The zero-order valence-corrected chi connectivity index (χ0v) is 10.9. The van der Waals surface area contributed by atoms with Crippen molar-refractivity contribution in [2.45, 2.75) is 25.6 Å². The zero-order chi connectivity index (χ0) is 14.2. The first-order valence-corrected chi connectivity index (χ1v) is 5.97. The highest BCUT2D eigenvalue weighted by Gasteiger charge is 2.44. The first-order valence-electron chi connectivity index (χ1n) is 5.97. The van der Waals surface area contributed by atoms with Crippen LogP contribution < -0.4 is 10.9 Å². The average Bonchev–Trinajstić information content (AvgIpc) is 2.42. The maximum atomic E-state index is 12.0. The van der Waals surface area contributed by atoms with Crippen molar-refractivity contribution in [3.63, 3.8) is 0 Å². The van der Waals surface area contributed by atoms with Gasteiger partial charge in [0, 0.05) is 12.6 Å². The molecule has 2 rings (SSSR count). The van der Waals surface area contributed by atoms with Crippen LogP contribution in [0.25, 0.3) is 5.70 Å². The van der Waals surface area contributed by atoms with Crippen molar-refractivity contribution < 1.29 is 14.6 Å². The van der Waals surface area contributed by atoms with E-state index in [-0.39, 0.29) is 24.2 Å². The van der Waals surface area contributed by atoms with E-state index >= 15 is 0 Å². The molecular formula is C13H16N2O4. The van der Waals surface area contributed by atoms with E-state index < -0.39 is 11.6 Å². The summed E-state index contributed by atoms with van der Waals surface area (Å²) in [6.45, 7) is 5.28. The highest BCUT2D eigenvalue weighted by molar-refractivity contribution is 5.83. The first-order chi connectivity index (χ1) is 8.93. The third kappa shape index (κ3) is 1.94. The molecule has 1 aliphatic heterocycles. The molecule has 0 aromatic carbocycles. The minimum absolute atomic E-state index is 0.127. The van der Waals surface area contributed by atoms with Gasteiger partial charge in [0.2, 0.25) is 0 Å². The van der Waals surface area contributed by atoms with E-state index in [2.05, 4.69) is 16.9 Å². The van der Waals surface area contributed by atoms with Gasteiger partial charge in [0.25, 0.3) is 5.56 Å². The van der Waals surface area contributed by atoms with E-state index in [4.69, 9.17) is 4.74 Å². The van der Waals surface area contributed by atoms with E-state index in [1.54, 1.807) is 20.0 Å². The van der Waals surface area contributed by atoms with Gasteiger partial charge in [-0.15, -0.1) is 0 Å². The molecule has 19 heavy (non-hydrogen) atoms. The summed E-state index contributed by atoms with van der Waals surface area (Å²) in [5.41, 5.74) is -0.656. The molecule has 0 aliphatic carbocycles. The van der Waals surface area contributed by atoms with E-state index in [1.807, 2.05) is 0 Å². The number of aliphatic hydroxyl groups is 1. The van der Waals surface area contributed by atoms with Gasteiger partial charge in [-0.2, -0.15) is 0 Å². The maximum Gasteiger partial charge on any atom is 0.343 e. The predicted octanol–water partition coefficient (Wildman–Crippen LogP) is 0.219. The highest BCUT2D eigenvalue weighted by Crippen LogP contribution is 2.33. The average molecular weight is 264 g/mol. The van der Waals surface area contributed by atoms with E-state index in [1.165, 1.54) is 0 Å². The number of hydrogen-bond acceptors (Lipinski definition) is 5. The minimum atomic E-state index is -1.77. The van der Waals surface area contributed by atoms with Crippen LogP contribution in [0.1, 0.15) is 30.2 Å². The molecule has 0 spiro atoms. The fraction of sp³-hybridized carbons (Fsp3) is 0.385. The molecule has 6 nitrogen and oxygen atoms in total. The number of fused-ring (bicyclic) bond motifs is 1. The molecule has 2 heterocycles. The summed E-state index contributed by atoms with van der Waals surface area (Å²) in [6.07, 6.45) is 0.133. The number of pyridine rings is 1. The third-order valence-electron chi connectivity index (χ3n) is 3.41. The predicted molar refractivity (Wildman–Crippen MR) is 69.1 cm³/mol. The first kappa shape index (κ1) is 13.4. The second-order valence-corrected chi connectivity index (χ2v) is 4.42. The molecule has 1 aromatic heterocycles. The molecule has 1 aromatic rings. The number of hydrogen-bond donors (Lipinski definition) is 3. The van der Waals surface area contributed by atoms with Crippen molar-refractivity contribution in [3.05, 3.63) is 39.8 Å². The number of nitrogens with one attached hydrogen (secondary N) is 2. The Morgan fingerprint density at radius 1 is 1.63 bits per heavy atom. The molecule has 0 saturated heterocycles. The lowest BCUT2D eigenvalue weighted by molar-refractivity contribution is -0.172. The normalized spacial score (nSPS) is 21.5. The van der Waals surface area contributed by atoms with Crippen LogP contribution in [0, 0.1) is 0 Å². The molecule has 3 N–H and O–H groups in total. The van der Waals surface area contributed by atoms with Crippen molar-refractivity contribution in [1.82, 2.24) is 10.3 Å². The lowest BCUT2D eigenvalue weighted by atomic mass is 9.86. The van der Waals surface area contributed by atoms with Gasteiger partial charge >= 0.3 is 5.97 Å². The van der Waals surface area contributed by atoms with Crippen molar-refractivity contribution in [3.8, 4) is 0 Å².